The Bertz CT molecular complexity index is 643. The Kier molecular flexibility index (Phi) is 4.83. The Balaban J connectivity index is 2.01. The van der Waals surface area contributed by atoms with E-state index in [4.69, 9.17) is 0 Å². The monoisotopic (exact) mass is 306 g/mol. The second-order valence-corrected chi connectivity index (χ2v) is 4.94. The quantitative estimate of drug-likeness (QED) is 0.629. The third kappa shape index (κ3) is 3.76. The first-order valence-electron chi connectivity index (χ1n) is 6.23. The van der Waals surface area contributed by atoms with Crippen LogP contribution in [-0.2, 0) is 6.42 Å². The Hall–Kier alpha value is -2.48. The SMILES string of the molecule is CNc1ccc(C(=O)NCCc2cscn2)cc1[N+](=O)[O-]. The van der Waals surface area contributed by atoms with Gasteiger partial charge in [0.05, 0.1) is 16.1 Å². The highest BCUT2D eigenvalue weighted by Crippen LogP contribution is 2.24. The van der Waals surface area contributed by atoms with Crippen LogP contribution in [0.25, 0.3) is 0 Å². The number of nitrogens with zero attached hydrogens (tertiary/aromatic N) is 2. The number of rotatable bonds is 6. The molecule has 0 bridgehead atoms. The minimum atomic E-state index is -0.516. The number of aromatic nitrogens is 1. The van der Waals surface area contributed by atoms with Gasteiger partial charge in [-0.3, -0.25) is 14.9 Å². The van der Waals surface area contributed by atoms with Gasteiger partial charge in [0.15, 0.2) is 0 Å². The molecule has 7 nitrogen and oxygen atoms in total. The van der Waals surface area contributed by atoms with E-state index in [1.807, 2.05) is 5.38 Å². The molecule has 0 saturated carbocycles. The fourth-order valence-corrected chi connectivity index (χ4v) is 2.40. The van der Waals surface area contributed by atoms with Gasteiger partial charge in [0.1, 0.15) is 5.69 Å². The maximum Gasteiger partial charge on any atom is 0.293 e. The number of hydrogen-bond donors (Lipinski definition) is 2. The summed E-state index contributed by atoms with van der Waals surface area (Å²) in [6.45, 7) is 0.435. The highest BCUT2D eigenvalue weighted by Gasteiger charge is 2.16. The summed E-state index contributed by atoms with van der Waals surface area (Å²) in [5.74, 6) is -0.337. The largest absolute Gasteiger partial charge is 0.383 e. The van der Waals surface area contributed by atoms with Crippen molar-refractivity contribution in [2.45, 2.75) is 6.42 Å². The van der Waals surface area contributed by atoms with E-state index in [0.29, 0.717) is 18.7 Å². The molecule has 0 aliphatic heterocycles. The average Bonchev–Trinajstić information content (AvgIpc) is 2.99. The van der Waals surface area contributed by atoms with Crippen molar-refractivity contribution < 1.29 is 9.72 Å². The predicted molar refractivity (Wildman–Crippen MR) is 80.8 cm³/mol. The first-order chi connectivity index (χ1) is 10.1. The number of nitro groups is 1. The fraction of sp³-hybridized carbons (Fsp3) is 0.231. The van der Waals surface area contributed by atoms with Gasteiger partial charge < -0.3 is 10.6 Å². The fourth-order valence-electron chi connectivity index (χ4n) is 1.80. The number of hydrogen-bond acceptors (Lipinski definition) is 6. The van der Waals surface area contributed by atoms with Gasteiger partial charge in [0.2, 0.25) is 0 Å². The molecule has 1 amide bonds. The molecular weight excluding hydrogens is 292 g/mol. The van der Waals surface area contributed by atoms with E-state index in [2.05, 4.69) is 15.6 Å². The molecule has 0 saturated heterocycles. The van der Waals surface area contributed by atoms with Crippen molar-refractivity contribution in [1.82, 2.24) is 10.3 Å². The maximum absolute atomic E-state index is 12.0. The Morgan fingerprint density at radius 3 is 2.90 bits per heavy atom. The van der Waals surface area contributed by atoms with Crippen molar-refractivity contribution in [3.8, 4) is 0 Å². The average molecular weight is 306 g/mol. The van der Waals surface area contributed by atoms with E-state index < -0.39 is 4.92 Å². The lowest BCUT2D eigenvalue weighted by molar-refractivity contribution is -0.384. The number of amides is 1. The summed E-state index contributed by atoms with van der Waals surface area (Å²) in [5, 5.41) is 18.3. The molecule has 110 valence electrons. The van der Waals surface area contributed by atoms with E-state index in [-0.39, 0.29) is 17.2 Å². The van der Waals surface area contributed by atoms with E-state index >= 15 is 0 Å². The molecule has 2 rings (SSSR count). The molecule has 0 unspecified atom stereocenters. The molecule has 0 radical (unpaired) electrons. The van der Waals surface area contributed by atoms with Crippen LogP contribution in [-0.4, -0.2) is 29.4 Å². The first-order valence-corrected chi connectivity index (χ1v) is 7.17. The molecule has 0 fully saturated rings. The summed E-state index contributed by atoms with van der Waals surface area (Å²) < 4.78 is 0. The topological polar surface area (TPSA) is 97.2 Å². The van der Waals surface area contributed by atoms with Gasteiger partial charge in [-0.1, -0.05) is 0 Å². The van der Waals surface area contributed by atoms with Gasteiger partial charge in [0, 0.05) is 37.0 Å². The molecule has 0 aliphatic rings. The molecule has 1 aromatic carbocycles. The molecule has 1 aromatic heterocycles. The van der Waals surface area contributed by atoms with Crippen molar-refractivity contribution in [2.24, 2.45) is 0 Å². The molecule has 0 aliphatic carbocycles. The van der Waals surface area contributed by atoms with Crippen molar-refractivity contribution >= 4 is 28.6 Å². The first kappa shape index (κ1) is 14.9. The second-order valence-electron chi connectivity index (χ2n) is 4.22. The lowest BCUT2D eigenvalue weighted by Gasteiger charge is -2.06. The van der Waals surface area contributed by atoms with E-state index in [0.717, 1.165) is 5.69 Å². The molecule has 0 atom stereocenters. The highest BCUT2D eigenvalue weighted by atomic mass is 32.1. The lowest BCUT2D eigenvalue weighted by atomic mass is 10.1. The van der Waals surface area contributed by atoms with E-state index in [9.17, 15) is 14.9 Å². The molecular formula is C13H14N4O3S. The maximum atomic E-state index is 12.0. The van der Waals surface area contributed by atoms with Gasteiger partial charge in [-0.2, -0.15) is 0 Å². The Morgan fingerprint density at radius 2 is 2.29 bits per heavy atom. The van der Waals surface area contributed by atoms with Gasteiger partial charge in [-0.15, -0.1) is 11.3 Å². The zero-order chi connectivity index (χ0) is 15.2. The summed E-state index contributed by atoms with van der Waals surface area (Å²) in [6, 6.07) is 4.34. The van der Waals surface area contributed by atoms with Gasteiger partial charge in [-0.25, -0.2) is 4.98 Å². The van der Waals surface area contributed by atoms with Crippen molar-refractivity contribution in [3.63, 3.8) is 0 Å². The van der Waals surface area contributed by atoms with Gasteiger partial charge in [-0.05, 0) is 12.1 Å². The number of anilines is 1. The van der Waals surface area contributed by atoms with Crippen LogP contribution in [0, 0.1) is 10.1 Å². The minimum absolute atomic E-state index is 0.121. The van der Waals surface area contributed by atoms with Gasteiger partial charge in [0.25, 0.3) is 11.6 Å². The molecule has 0 spiro atoms. The molecule has 2 aromatic rings. The Labute approximate surface area is 125 Å². The van der Waals surface area contributed by atoms with Crippen LogP contribution in [0.4, 0.5) is 11.4 Å². The zero-order valence-corrected chi connectivity index (χ0v) is 12.1. The van der Waals surface area contributed by atoms with Crippen molar-refractivity contribution in [1.29, 1.82) is 0 Å². The molecule has 2 N–H and O–H groups in total. The van der Waals surface area contributed by atoms with Crippen LogP contribution in [0.15, 0.2) is 29.1 Å². The lowest BCUT2D eigenvalue weighted by Crippen LogP contribution is -2.25. The summed E-state index contributed by atoms with van der Waals surface area (Å²) in [4.78, 5) is 26.5. The summed E-state index contributed by atoms with van der Waals surface area (Å²) >= 11 is 1.50. The number of carbonyl (C=O) groups is 1. The smallest absolute Gasteiger partial charge is 0.293 e. The van der Waals surface area contributed by atoms with Crippen molar-refractivity contribution in [2.75, 3.05) is 18.9 Å². The highest BCUT2D eigenvalue weighted by molar-refractivity contribution is 7.07. The minimum Gasteiger partial charge on any atom is -0.383 e. The van der Waals surface area contributed by atoms with E-state index in [1.165, 1.54) is 23.5 Å². The van der Waals surface area contributed by atoms with Crippen LogP contribution in [0.3, 0.4) is 0 Å². The Morgan fingerprint density at radius 1 is 1.48 bits per heavy atom. The van der Waals surface area contributed by atoms with Crippen molar-refractivity contribution in [3.05, 3.63) is 50.5 Å². The van der Waals surface area contributed by atoms with Gasteiger partial charge >= 0.3 is 0 Å². The number of benzene rings is 1. The number of nitrogens with one attached hydrogen (secondary N) is 2. The van der Waals surface area contributed by atoms with Crippen LogP contribution >= 0.6 is 11.3 Å². The number of carbonyl (C=O) groups excluding carboxylic acids is 1. The van der Waals surface area contributed by atoms with Crippen LogP contribution in [0.2, 0.25) is 0 Å². The standard InChI is InChI=1S/C13H14N4O3S/c1-14-11-3-2-9(6-12(11)17(19)20)13(18)15-5-4-10-7-21-8-16-10/h2-3,6-8,14H,4-5H2,1H3,(H,15,18). The third-order valence-corrected chi connectivity index (χ3v) is 3.51. The zero-order valence-electron chi connectivity index (χ0n) is 11.3. The molecule has 1 heterocycles. The second kappa shape index (κ2) is 6.80. The number of thiazole rings is 1. The summed E-state index contributed by atoms with van der Waals surface area (Å²) in [5.41, 5.74) is 3.16. The predicted octanol–water partition coefficient (Wildman–Crippen LogP) is 2.07. The normalized spacial score (nSPS) is 10.1. The van der Waals surface area contributed by atoms with Crippen LogP contribution < -0.4 is 10.6 Å². The summed E-state index contributed by atoms with van der Waals surface area (Å²) in [6.07, 6.45) is 0.631. The molecule has 21 heavy (non-hydrogen) atoms. The molecule has 8 heteroatoms. The third-order valence-electron chi connectivity index (χ3n) is 2.88. The van der Waals surface area contributed by atoms with Crippen LogP contribution in [0.1, 0.15) is 16.1 Å². The number of nitro benzene ring substituents is 1. The van der Waals surface area contributed by atoms with Crippen LogP contribution in [0.5, 0.6) is 0 Å². The summed E-state index contributed by atoms with van der Waals surface area (Å²) in [7, 11) is 1.59. The van der Waals surface area contributed by atoms with E-state index in [1.54, 1.807) is 18.6 Å².